The molecule has 0 aliphatic carbocycles. The number of nitrogens with one attached hydrogen (secondary N) is 2. The van der Waals surface area contributed by atoms with Gasteiger partial charge in [0, 0.05) is 5.92 Å². The molecule has 0 spiro atoms. The van der Waals surface area contributed by atoms with Crippen LogP contribution in [-0.2, 0) is 23.4 Å². The third-order valence-electron chi connectivity index (χ3n) is 5.60. The van der Waals surface area contributed by atoms with Crippen molar-refractivity contribution >= 4 is 13.7 Å². The summed E-state index contributed by atoms with van der Waals surface area (Å²) in [5.41, 5.74) is -2.09. The Kier molecular flexibility index (Phi) is 9.43. The Balaban J connectivity index is 1.80. The van der Waals surface area contributed by atoms with Gasteiger partial charge in [-0.15, -0.1) is 0 Å². The zero-order valence-electron chi connectivity index (χ0n) is 20.8. The van der Waals surface area contributed by atoms with Crippen LogP contribution >= 0.6 is 7.75 Å². The Hall–Kier alpha value is -2.83. The molecule has 14 heteroatoms. The predicted octanol–water partition coefficient (Wildman–Crippen LogP) is 2.09. The van der Waals surface area contributed by atoms with Gasteiger partial charge in [-0.2, -0.15) is 9.48 Å². The van der Waals surface area contributed by atoms with Gasteiger partial charge in [0.05, 0.1) is 25.0 Å². The average Bonchev–Trinajstić information content (AvgIpc) is 3.15. The van der Waals surface area contributed by atoms with Crippen molar-refractivity contribution in [1.29, 1.82) is 0 Å². The Labute approximate surface area is 212 Å². The number of benzene rings is 1. The largest absolute Gasteiger partial charge is 0.462 e. The first-order chi connectivity index (χ1) is 17.4. The van der Waals surface area contributed by atoms with Crippen LogP contribution < -0.4 is 20.9 Å². The highest BCUT2D eigenvalue weighted by atomic mass is 31.2. The number of carbonyl (C=O) groups excluding carboxylic acids is 1. The third kappa shape index (κ3) is 7.14. The van der Waals surface area contributed by atoms with Gasteiger partial charge in [-0.1, -0.05) is 25.1 Å². The lowest BCUT2D eigenvalue weighted by Gasteiger charge is -2.25. The number of aromatic nitrogens is 2. The van der Waals surface area contributed by atoms with Gasteiger partial charge < -0.3 is 19.1 Å². The van der Waals surface area contributed by atoms with E-state index in [0.29, 0.717) is 12.6 Å². The van der Waals surface area contributed by atoms with Crippen LogP contribution in [0.15, 0.2) is 46.1 Å². The molecule has 1 saturated heterocycles. The van der Waals surface area contributed by atoms with E-state index >= 15 is 0 Å². The molecule has 1 aliphatic rings. The number of carbonyl (C=O) groups is 1. The van der Waals surface area contributed by atoms with Gasteiger partial charge in [0.25, 0.3) is 5.56 Å². The average molecular weight is 543 g/mol. The van der Waals surface area contributed by atoms with Crippen molar-refractivity contribution in [2.24, 2.45) is 5.92 Å². The lowest BCUT2D eigenvalue weighted by molar-refractivity contribution is -0.149. The standard InChI is InChI=1S/C23H31FN3O9P/c1-5-16-19(28)18(35-21(16)27-11-17(24)20(29)25-23(27)31)12-33-37(32,36-15-9-7-6-8-10-15)26-14(4)22(30)34-13(2)3/h6-11,13-14,16,18-19,21,28H,5,12H2,1-4H3,(H,26,32)(H,25,29,31)/t14-,16?,18-,19+,21?,37?/m1/s1. The van der Waals surface area contributed by atoms with Gasteiger partial charge in [0.15, 0.2) is 0 Å². The van der Waals surface area contributed by atoms with Gasteiger partial charge in [-0.25, -0.2) is 9.36 Å². The quantitative estimate of drug-likeness (QED) is 0.283. The molecule has 1 aromatic heterocycles. The molecule has 3 N–H and O–H groups in total. The summed E-state index contributed by atoms with van der Waals surface area (Å²) >= 11 is 0. The minimum Gasteiger partial charge on any atom is -0.462 e. The summed E-state index contributed by atoms with van der Waals surface area (Å²) in [6.07, 6.45) is -2.82. The smallest absolute Gasteiger partial charge is 0.459 e. The van der Waals surface area contributed by atoms with Crippen LogP contribution in [0.5, 0.6) is 5.75 Å². The summed E-state index contributed by atoms with van der Waals surface area (Å²) in [7, 11) is -4.24. The fourth-order valence-electron chi connectivity index (χ4n) is 3.81. The number of aliphatic hydroxyl groups excluding tert-OH is 1. The number of halogens is 1. The highest BCUT2D eigenvalue weighted by Crippen LogP contribution is 2.46. The summed E-state index contributed by atoms with van der Waals surface area (Å²) in [6, 6.07) is 7.02. The molecule has 2 aromatic rings. The first-order valence-corrected chi connectivity index (χ1v) is 13.3. The second-order valence-electron chi connectivity index (χ2n) is 8.81. The fourth-order valence-corrected chi connectivity index (χ4v) is 5.32. The van der Waals surface area contributed by atoms with Crippen molar-refractivity contribution in [2.75, 3.05) is 6.61 Å². The number of hydrogen-bond acceptors (Lipinski definition) is 9. The lowest BCUT2D eigenvalue weighted by atomic mass is 9.97. The van der Waals surface area contributed by atoms with E-state index in [-0.39, 0.29) is 5.75 Å². The number of aromatic amines is 1. The van der Waals surface area contributed by atoms with Crippen LogP contribution in [0.2, 0.25) is 0 Å². The highest BCUT2D eigenvalue weighted by molar-refractivity contribution is 7.52. The maximum absolute atomic E-state index is 13.9. The van der Waals surface area contributed by atoms with Gasteiger partial charge in [0.1, 0.15) is 24.1 Å². The molecule has 0 radical (unpaired) electrons. The molecule has 3 unspecified atom stereocenters. The fraction of sp³-hybridized carbons (Fsp3) is 0.522. The molecular formula is C23H31FN3O9P. The second-order valence-corrected chi connectivity index (χ2v) is 10.5. The van der Waals surface area contributed by atoms with Crippen LogP contribution in [-0.4, -0.2) is 51.6 Å². The van der Waals surface area contributed by atoms with E-state index in [2.05, 4.69) is 5.09 Å². The lowest BCUT2D eigenvalue weighted by Crippen LogP contribution is -2.37. The monoisotopic (exact) mass is 543 g/mol. The van der Waals surface area contributed by atoms with Crippen LogP contribution in [0, 0.1) is 11.7 Å². The number of rotatable bonds is 11. The zero-order chi connectivity index (χ0) is 27.3. The number of ether oxygens (including phenoxy) is 2. The van der Waals surface area contributed by atoms with Crippen LogP contribution in [0.4, 0.5) is 4.39 Å². The van der Waals surface area contributed by atoms with Crippen LogP contribution in [0.1, 0.15) is 40.3 Å². The minimum atomic E-state index is -4.24. The summed E-state index contributed by atoms with van der Waals surface area (Å²) < 4.78 is 50.4. The van der Waals surface area contributed by atoms with Gasteiger partial charge in [-0.05, 0) is 39.3 Å². The second kappa shape index (κ2) is 12.1. The first-order valence-electron chi connectivity index (χ1n) is 11.8. The molecule has 0 saturated carbocycles. The van der Waals surface area contributed by atoms with E-state index in [4.69, 9.17) is 18.5 Å². The molecule has 0 bridgehead atoms. The van der Waals surface area contributed by atoms with E-state index in [1.807, 2.05) is 4.98 Å². The summed E-state index contributed by atoms with van der Waals surface area (Å²) in [5, 5.41) is 13.4. The first kappa shape index (κ1) is 28.7. The Morgan fingerprint density at radius 2 is 1.95 bits per heavy atom. The van der Waals surface area contributed by atoms with E-state index in [9.17, 15) is 28.4 Å². The van der Waals surface area contributed by atoms with Crippen LogP contribution in [0.3, 0.4) is 0 Å². The van der Waals surface area contributed by atoms with E-state index in [1.165, 1.54) is 19.1 Å². The molecule has 2 heterocycles. The van der Waals surface area contributed by atoms with Gasteiger partial charge >= 0.3 is 19.4 Å². The van der Waals surface area contributed by atoms with Gasteiger partial charge in [-0.3, -0.25) is 23.7 Å². The minimum absolute atomic E-state index is 0.190. The molecule has 3 rings (SSSR count). The Bertz CT molecular complexity index is 1240. The molecule has 1 aromatic carbocycles. The zero-order valence-corrected chi connectivity index (χ0v) is 21.7. The molecule has 1 aliphatic heterocycles. The summed E-state index contributed by atoms with van der Waals surface area (Å²) in [4.78, 5) is 37.8. The number of esters is 1. The number of H-pyrrole nitrogens is 1. The van der Waals surface area contributed by atoms with E-state index in [0.717, 1.165) is 4.57 Å². The maximum Gasteiger partial charge on any atom is 0.459 e. The molecule has 6 atom stereocenters. The molecular weight excluding hydrogens is 512 g/mol. The van der Waals surface area contributed by atoms with Crippen molar-refractivity contribution < 1.29 is 37.4 Å². The Morgan fingerprint density at radius 3 is 2.57 bits per heavy atom. The van der Waals surface area contributed by atoms with Crippen molar-refractivity contribution in [1.82, 2.24) is 14.6 Å². The topological polar surface area (TPSA) is 158 Å². The van der Waals surface area contributed by atoms with Crippen molar-refractivity contribution in [2.45, 2.75) is 64.7 Å². The van der Waals surface area contributed by atoms with E-state index < -0.39 is 73.9 Å². The van der Waals surface area contributed by atoms with Crippen molar-refractivity contribution in [3.63, 3.8) is 0 Å². The molecule has 0 amide bonds. The van der Waals surface area contributed by atoms with Gasteiger partial charge in [0.2, 0.25) is 5.82 Å². The normalized spacial score (nSPS) is 24.0. The summed E-state index contributed by atoms with van der Waals surface area (Å²) in [5.74, 6) is -2.37. The third-order valence-corrected chi connectivity index (χ3v) is 7.25. The SMILES string of the molecule is CCC1C(n2cc(F)c(=O)[nH]c2=O)O[C@H](COP(=O)(N[C@H](C)C(=O)OC(C)C)Oc2ccccc2)[C@H]1O. The number of para-hydroxylation sites is 1. The van der Waals surface area contributed by atoms with Crippen LogP contribution in [0.25, 0.3) is 0 Å². The van der Waals surface area contributed by atoms with E-state index in [1.54, 1.807) is 39.0 Å². The number of hydrogen-bond donors (Lipinski definition) is 3. The predicted molar refractivity (Wildman–Crippen MR) is 129 cm³/mol. The molecule has 204 valence electrons. The maximum atomic E-state index is 13.9. The van der Waals surface area contributed by atoms with Crippen molar-refractivity contribution in [3.05, 3.63) is 63.2 Å². The molecule has 12 nitrogen and oxygen atoms in total. The Morgan fingerprint density at radius 1 is 1.27 bits per heavy atom. The molecule has 37 heavy (non-hydrogen) atoms. The highest BCUT2D eigenvalue weighted by Gasteiger charge is 2.45. The number of nitrogens with zero attached hydrogens (tertiary/aromatic N) is 1. The number of aliphatic hydroxyl groups is 1. The van der Waals surface area contributed by atoms with Crippen molar-refractivity contribution in [3.8, 4) is 5.75 Å². The summed E-state index contributed by atoms with van der Waals surface area (Å²) in [6.45, 7) is 6.02. The molecule has 1 fully saturated rings.